The molecule has 17 heavy (non-hydrogen) atoms. The predicted octanol–water partition coefficient (Wildman–Crippen LogP) is 1.34. The molecule has 3 atom stereocenters. The lowest BCUT2D eigenvalue weighted by atomic mass is 9.82. The van der Waals surface area contributed by atoms with Crippen molar-refractivity contribution in [2.45, 2.75) is 49.8 Å². The van der Waals surface area contributed by atoms with Crippen molar-refractivity contribution in [3.63, 3.8) is 0 Å². The maximum absolute atomic E-state index is 11.6. The van der Waals surface area contributed by atoms with Crippen LogP contribution in [-0.2, 0) is 14.6 Å². The molecular formula is C12H25NO3S. The summed E-state index contributed by atoms with van der Waals surface area (Å²) < 4.78 is 28.1. The van der Waals surface area contributed by atoms with Crippen molar-refractivity contribution in [2.75, 3.05) is 20.0 Å². The largest absolute Gasteiger partial charge is 0.385 e. The highest BCUT2D eigenvalue weighted by Crippen LogP contribution is 2.31. The van der Waals surface area contributed by atoms with Crippen LogP contribution >= 0.6 is 0 Å². The van der Waals surface area contributed by atoms with Gasteiger partial charge in [-0.05, 0) is 38.0 Å². The average Bonchev–Trinajstić information content (AvgIpc) is 2.28. The van der Waals surface area contributed by atoms with Crippen molar-refractivity contribution >= 4 is 9.84 Å². The summed E-state index contributed by atoms with van der Waals surface area (Å²) in [7, 11) is -1.21. The topological polar surface area (TPSA) is 69.4 Å². The summed E-state index contributed by atoms with van der Waals surface area (Å²) in [4.78, 5) is 0. The summed E-state index contributed by atoms with van der Waals surface area (Å²) in [5.41, 5.74) is 6.14. The van der Waals surface area contributed by atoms with E-state index in [0.29, 0.717) is 5.92 Å². The number of hydrogen-bond donors (Lipinski definition) is 1. The van der Waals surface area contributed by atoms with Crippen molar-refractivity contribution in [2.24, 2.45) is 11.7 Å². The lowest BCUT2D eigenvalue weighted by Crippen LogP contribution is -2.37. The number of ether oxygens (including phenoxy) is 1. The van der Waals surface area contributed by atoms with Crippen molar-refractivity contribution in [3.05, 3.63) is 0 Å². The van der Waals surface area contributed by atoms with Crippen molar-refractivity contribution < 1.29 is 13.2 Å². The zero-order valence-electron chi connectivity index (χ0n) is 10.9. The van der Waals surface area contributed by atoms with Gasteiger partial charge in [0.2, 0.25) is 0 Å². The van der Waals surface area contributed by atoms with E-state index in [2.05, 4.69) is 0 Å². The maximum atomic E-state index is 11.6. The normalized spacial score (nSPS) is 27.9. The van der Waals surface area contributed by atoms with Gasteiger partial charge in [0.1, 0.15) is 9.84 Å². The van der Waals surface area contributed by atoms with Gasteiger partial charge in [-0.1, -0.05) is 6.42 Å². The second kappa shape index (κ2) is 6.71. The minimum atomic E-state index is -2.90. The number of methoxy groups -OCH3 is 1. The smallest absolute Gasteiger partial charge is 0.150 e. The molecule has 0 spiro atoms. The van der Waals surface area contributed by atoms with E-state index >= 15 is 0 Å². The number of rotatable bonds is 6. The first-order valence-electron chi connectivity index (χ1n) is 6.38. The fourth-order valence-corrected chi connectivity index (χ4v) is 3.85. The van der Waals surface area contributed by atoms with Gasteiger partial charge in [0.05, 0.1) is 5.25 Å². The van der Waals surface area contributed by atoms with Gasteiger partial charge in [-0.15, -0.1) is 0 Å². The molecule has 2 N–H and O–H groups in total. The van der Waals surface area contributed by atoms with E-state index in [-0.39, 0.29) is 11.3 Å². The molecule has 0 radical (unpaired) electrons. The highest BCUT2D eigenvalue weighted by atomic mass is 32.2. The molecular weight excluding hydrogens is 238 g/mol. The van der Waals surface area contributed by atoms with E-state index in [1.165, 1.54) is 6.26 Å². The molecule has 0 aromatic carbocycles. The Labute approximate surface area is 105 Å². The Morgan fingerprint density at radius 1 is 1.41 bits per heavy atom. The van der Waals surface area contributed by atoms with E-state index in [1.807, 2.05) is 0 Å². The summed E-state index contributed by atoms with van der Waals surface area (Å²) in [6.07, 6.45) is 6.83. The molecule has 0 aromatic heterocycles. The Hall–Kier alpha value is -0.130. The minimum Gasteiger partial charge on any atom is -0.385 e. The zero-order chi connectivity index (χ0) is 12.9. The molecule has 5 heteroatoms. The van der Waals surface area contributed by atoms with E-state index in [4.69, 9.17) is 10.5 Å². The Morgan fingerprint density at radius 2 is 2.12 bits per heavy atom. The molecule has 0 bridgehead atoms. The van der Waals surface area contributed by atoms with Gasteiger partial charge in [-0.3, -0.25) is 0 Å². The zero-order valence-corrected chi connectivity index (χ0v) is 11.7. The highest BCUT2D eigenvalue weighted by Gasteiger charge is 2.31. The first-order valence-corrected chi connectivity index (χ1v) is 8.34. The first-order chi connectivity index (χ1) is 7.95. The van der Waals surface area contributed by atoms with E-state index in [0.717, 1.165) is 45.1 Å². The summed E-state index contributed by atoms with van der Waals surface area (Å²) >= 11 is 0. The summed E-state index contributed by atoms with van der Waals surface area (Å²) in [5, 5.41) is -0.172. The monoisotopic (exact) mass is 263 g/mol. The molecule has 1 fully saturated rings. The van der Waals surface area contributed by atoms with Crippen LogP contribution in [0.2, 0.25) is 0 Å². The van der Waals surface area contributed by atoms with Gasteiger partial charge in [0.15, 0.2) is 0 Å². The fourth-order valence-electron chi connectivity index (χ4n) is 2.66. The van der Waals surface area contributed by atoms with Crippen LogP contribution in [0.4, 0.5) is 0 Å². The summed E-state index contributed by atoms with van der Waals surface area (Å²) in [6, 6.07) is 0.120. The van der Waals surface area contributed by atoms with E-state index < -0.39 is 9.84 Å². The molecule has 0 saturated heterocycles. The first kappa shape index (κ1) is 14.9. The van der Waals surface area contributed by atoms with Gasteiger partial charge in [0.25, 0.3) is 0 Å². The highest BCUT2D eigenvalue weighted by molar-refractivity contribution is 7.91. The quantitative estimate of drug-likeness (QED) is 0.734. The molecule has 102 valence electrons. The Kier molecular flexibility index (Phi) is 5.89. The summed E-state index contributed by atoms with van der Waals surface area (Å²) in [5.74, 6) is 0.361. The molecule has 0 aromatic rings. The van der Waals surface area contributed by atoms with Crippen LogP contribution in [0.3, 0.4) is 0 Å². The van der Waals surface area contributed by atoms with Crippen LogP contribution in [0.25, 0.3) is 0 Å². The summed E-state index contributed by atoms with van der Waals surface area (Å²) in [6.45, 7) is 0.732. The number of hydrogen-bond acceptors (Lipinski definition) is 4. The second-order valence-corrected chi connectivity index (χ2v) is 7.50. The van der Waals surface area contributed by atoms with Crippen LogP contribution in [0, 0.1) is 5.92 Å². The SMILES string of the molecule is COCCCC(N)C1CCCC(S(C)(=O)=O)C1. The second-order valence-electron chi connectivity index (χ2n) is 5.18. The number of sulfone groups is 1. The van der Waals surface area contributed by atoms with Crippen molar-refractivity contribution in [3.8, 4) is 0 Å². The molecule has 1 rings (SSSR count). The Morgan fingerprint density at radius 3 is 2.71 bits per heavy atom. The molecule has 0 heterocycles. The standard InChI is InChI=1S/C12H25NO3S/c1-16-8-4-7-12(13)10-5-3-6-11(9-10)17(2,14)15/h10-12H,3-9,13H2,1-2H3. The molecule has 1 aliphatic carbocycles. The molecule has 3 unspecified atom stereocenters. The average molecular weight is 263 g/mol. The molecule has 1 aliphatic rings. The molecule has 1 saturated carbocycles. The third-order valence-electron chi connectivity index (χ3n) is 3.76. The van der Waals surface area contributed by atoms with Gasteiger partial charge in [-0.2, -0.15) is 0 Å². The van der Waals surface area contributed by atoms with Gasteiger partial charge >= 0.3 is 0 Å². The molecule has 4 nitrogen and oxygen atoms in total. The van der Waals surface area contributed by atoms with Crippen molar-refractivity contribution in [1.82, 2.24) is 0 Å². The van der Waals surface area contributed by atoms with Crippen LogP contribution in [-0.4, -0.2) is 39.7 Å². The van der Waals surface area contributed by atoms with Gasteiger partial charge < -0.3 is 10.5 Å². The Balaban J connectivity index is 2.43. The lowest BCUT2D eigenvalue weighted by molar-refractivity contribution is 0.183. The fraction of sp³-hybridized carbons (Fsp3) is 1.00. The van der Waals surface area contributed by atoms with E-state index in [9.17, 15) is 8.42 Å². The third kappa shape index (κ3) is 4.94. The van der Waals surface area contributed by atoms with Crippen LogP contribution in [0.5, 0.6) is 0 Å². The molecule has 0 aliphatic heterocycles. The van der Waals surface area contributed by atoms with Crippen molar-refractivity contribution in [1.29, 1.82) is 0 Å². The molecule has 0 amide bonds. The predicted molar refractivity (Wildman–Crippen MR) is 69.7 cm³/mol. The minimum absolute atomic E-state index is 0.120. The number of nitrogens with two attached hydrogens (primary N) is 1. The maximum Gasteiger partial charge on any atom is 0.150 e. The Bertz CT molecular complexity index is 316. The lowest BCUT2D eigenvalue weighted by Gasteiger charge is -2.32. The van der Waals surface area contributed by atoms with Gasteiger partial charge in [-0.25, -0.2) is 8.42 Å². The van der Waals surface area contributed by atoms with Crippen LogP contribution in [0.1, 0.15) is 38.5 Å². The third-order valence-corrected chi connectivity index (χ3v) is 5.40. The van der Waals surface area contributed by atoms with E-state index in [1.54, 1.807) is 7.11 Å². The van der Waals surface area contributed by atoms with Gasteiger partial charge in [0, 0.05) is 26.0 Å². The van der Waals surface area contributed by atoms with Crippen LogP contribution in [0.15, 0.2) is 0 Å². The van der Waals surface area contributed by atoms with Crippen LogP contribution < -0.4 is 5.73 Å².